The van der Waals surface area contributed by atoms with Crippen LogP contribution in [0.1, 0.15) is 29.6 Å². The third-order valence-electron chi connectivity index (χ3n) is 4.09. The number of likely N-dealkylation sites (tertiary alicyclic amines) is 1. The van der Waals surface area contributed by atoms with Crippen molar-refractivity contribution in [3.63, 3.8) is 0 Å². The Morgan fingerprint density at radius 1 is 1.29 bits per heavy atom. The van der Waals surface area contributed by atoms with Crippen molar-refractivity contribution in [3.8, 4) is 5.75 Å². The van der Waals surface area contributed by atoms with Crippen LogP contribution in [0.4, 0.5) is 0 Å². The molecule has 2 aliphatic rings. The predicted octanol–water partition coefficient (Wildman–Crippen LogP) is 2.06. The zero-order valence-electron chi connectivity index (χ0n) is 12.3. The molecule has 1 atom stereocenters. The second kappa shape index (κ2) is 6.45. The molecule has 5 nitrogen and oxygen atoms in total. The molecule has 5 heteroatoms. The van der Waals surface area contributed by atoms with Gasteiger partial charge in [-0.2, -0.15) is 0 Å². The fourth-order valence-electron chi connectivity index (χ4n) is 3.01. The molecule has 3 rings (SSSR count). The van der Waals surface area contributed by atoms with Crippen molar-refractivity contribution in [2.45, 2.75) is 31.6 Å². The topological polar surface area (TPSA) is 48.0 Å². The van der Waals surface area contributed by atoms with E-state index in [1.54, 1.807) is 13.2 Å². The lowest BCUT2D eigenvalue weighted by Crippen LogP contribution is -2.50. The van der Waals surface area contributed by atoms with Crippen LogP contribution < -0.4 is 4.74 Å². The number of carbonyl (C=O) groups excluding carboxylic acids is 1. The predicted molar refractivity (Wildman–Crippen MR) is 77.4 cm³/mol. The van der Waals surface area contributed by atoms with Crippen molar-refractivity contribution >= 4 is 5.91 Å². The number of benzene rings is 1. The number of hydrogen-bond acceptors (Lipinski definition) is 4. The van der Waals surface area contributed by atoms with Crippen molar-refractivity contribution in [1.82, 2.24) is 4.90 Å². The van der Waals surface area contributed by atoms with E-state index in [0.717, 1.165) is 25.8 Å². The lowest BCUT2D eigenvalue weighted by Gasteiger charge is -2.38. The van der Waals surface area contributed by atoms with Crippen molar-refractivity contribution in [2.75, 3.05) is 26.9 Å². The number of methoxy groups -OCH3 is 1. The van der Waals surface area contributed by atoms with Gasteiger partial charge in [0.1, 0.15) is 5.75 Å². The van der Waals surface area contributed by atoms with Crippen LogP contribution in [0, 0.1) is 0 Å². The first-order valence-corrected chi connectivity index (χ1v) is 7.48. The lowest BCUT2D eigenvalue weighted by atomic mass is 10.00. The quantitative estimate of drug-likeness (QED) is 0.855. The van der Waals surface area contributed by atoms with Gasteiger partial charge in [0.2, 0.25) is 0 Å². The lowest BCUT2D eigenvalue weighted by molar-refractivity contribution is -0.100. The van der Waals surface area contributed by atoms with Gasteiger partial charge in [0, 0.05) is 12.1 Å². The number of hydrogen-bond donors (Lipinski definition) is 0. The van der Waals surface area contributed by atoms with Crippen LogP contribution in [-0.4, -0.2) is 50.0 Å². The van der Waals surface area contributed by atoms with E-state index < -0.39 is 0 Å². The minimum absolute atomic E-state index is 0.0138. The highest BCUT2D eigenvalue weighted by Crippen LogP contribution is 2.26. The summed E-state index contributed by atoms with van der Waals surface area (Å²) in [6.07, 6.45) is 2.79. The Labute approximate surface area is 124 Å². The molecule has 1 aromatic carbocycles. The van der Waals surface area contributed by atoms with E-state index in [2.05, 4.69) is 0 Å². The van der Waals surface area contributed by atoms with Gasteiger partial charge >= 0.3 is 0 Å². The molecule has 2 heterocycles. The van der Waals surface area contributed by atoms with Gasteiger partial charge in [-0.15, -0.1) is 0 Å². The summed E-state index contributed by atoms with van der Waals surface area (Å²) in [5, 5.41) is 0. The van der Waals surface area contributed by atoms with Crippen LogP contribution in [0.5, 0.6) is 5.75 Å². The van der Waals surface area contributed by atoms with E-state index >= 15 is 0 Å². The number of ether oxygens (including phenoxy) is 3. The average molecular weight is 291 g/mol. The second-order valence-corrected chi connectivity index (χ2v) is 5.40. The third kappa shape index (κ3) is 3.04. The first kappa shape index (κ1) is 14.4. The van der Waals surface area contributed by atoms with Crippen molar-refractivity contribution in [3.05, 3.63) is 29.8 Å². The van der Waals surface area contributed by atoms with Crippen LogP contribution in [0.25, 0.3) is 0 Å². The zero-order chi connectivity index (χ0) is 14.7. The number of carbonyl (C=O) groups is 1. The molecule has 2 saturated heterocycles. The monoisotopic (exact) mass is 291 g/mol. The number of amides is 1. The van der Waals surface area contributed by atoms with E-state index in [-0.39, 0.29) is 18.2 Å². The van der Waals surface area contributed by atoms with E-state index in [0.29, 0.717) is 24.5 Å². The van der Waals surface area contributed by atoms with Gasteiger partial charge in [-0.1, -0.05) is 6.07 Å². The first-order valence-electron chi connectivity index (χ1n) is 7.48. The molecule has 1 aromatic rings. The van der Waals surface area contributed by atoms with Gasteiger partial charge in [-0.25, -0.2) is 0 Å². The summed E-state index contributed by atoms with van der Waals surface area (Å²) in [6, 6.07) is 7.30. The maximum atomic E-state index is 12.8. The van der Waals surface area contributed by atoms with E-state index in [1.165, 1.54) is 0 Å². The fourth-order valence-corrected chi connectivity index (χ4v) is 3.01. The Morgan fingerprint density at radius 2 is 2.10 bits per heavy atom. The molecule has 0 spiro atoms. The maximum absolute atomic E-state index is 12.8. The molecular formula is C16H21NO4. The van der Waals surface area contributed by atoms with Gasteiger partial charge in [0.15, 0.2) is 6.29 Å². The van der Waals surface area contributed by atoms with Crippen molar-refractivity contribution in [1.29, 1.82) is 0 Å². The number of rotatable bonds is 3. The van der Waals surface area contributed by atoms with E-state index in [9.17, 15) is 4.79 Å². The molecule has 21 heavy (non-hydrogen) atoms. The van der Waals surface area contributed by atoms with Gasteiger partial charge in [-0.3, -0.25) is 4.79 Å². The van der Waals surface area contributed by atoms with Gasteiger partial charge in [-0.05, 0) is 37.5 Å². The molecule has 2 fully saturated rings. The minimum Gasteiger partial charge on any atom is -0.497 e. The normalized spacial score (nSPS) is 23.3. The van der Waals surface area contributed by atoms with Gasteiger partial charge in [0.05, 0.1) is 26.4 Å². The molecule has 0 radical (unpaired) electrons. The summed E-state index contributed by atoms with van der Waals surface area (Å²) in [6.45, 7) is 1.98. The van der Waals surface area contributed by atoms with Crippen LogP contribution in [0.15, 0.2) is 24.3 Å². The average Bonchev–Trinajstić information content (AvgIpc) is 3.08. The Bertz CT molecular complexity index is 499. The van der Waals surface area contributed by atoms with Crippen molar-refractivity contribution in [2.24, 2.45) is 0 Å². The SMILES string of the molecule is COc1cccc(C(=O)N2CCCC[C@H]2C2OCCO2)c1. The Kier molecular flexibility index (Phi) is 4.41. The molecule has 0 bridgehead atoms. The highest BCUT2D eigenvalue weighted by atomic mass is 16.7. The van der Waals surface area contributed by atoms with Crippen LogP contribution in [0.2, 0.25) is 0 Å². The summed E-state index contributed by atoms with van der Waals surface area (Å²) < 4.78 is 16.4. The minimum atomic E-state index is -0.278. The maximum Gasteiger partial charge on any atom is 0.254 e. The van der Waals surface area contributed by atoms with Crippen LogP contribution in [0.3, 0.4) is 0 Å². The standard InChI is InChI=1S/C16H21NO4/c1-19-13-6-4-5-12(11-13)15(18)17-8-3-2-7-14(17)16-20-9-10-21-16/h4-6,11,14,16H,2-3,7-10H2,1H3/t14-/m0/s1. The molecule has 114 valence electrons. The Hall–Kier alpha value is -1.59. The highest BCUT2D eigenvalue weighted by molar-refractivity contribution is 5.95. The van der Waals surface area contributed by atoms with Crippen molar-refractivity contribution < 1.29 is 19.0 Å². The second-order valence-electron chi connectivity index (χ2n) is 5.40. The summed E-state index contributed by atoms with van der Waals surface area (Å²) in [4.78, 5) is 14.7. The van der Waals surface area contributed by atoms with E-state index in [1.807, 2.05) is 23.1 Å². The largest absolute Gasteiger partial charge is 0.497 e. The molecule has 0 aliphatic carbocycles. The Morgan fingerprint density at radius 3 is 2.86 bits per heavy atom. The van der Waals surface area contributed by atoms with E-state index in [4.69, 9.17) is 14.2 Å². The highest BCUT2D eigenvalue weighted by Gasteiger charge is 2.36. The molecule has 1 amide bonds. The molecule has 0 saturated carbocycles. The number of piperidine rings is 1. The molecule has 2 aliphatic heterocycles. The molecule has 0 aromatic heterocycles. The molecule has 0 unspecified atom stereocenters. The van der Waals surface area contributed by atoms with Gasteiger partial charge in [0.25, 0.3) is 5.91 Å². The Balaban J connectivity index is 1.79. The smallest absolute Gasteiger partial charge is 0.254 e. The van der Waals surface area contributed by atoms with Gasteiger partial charge < -0.3 is 19.1 Å². The summed E-state index contributed by atoms with van der Waals surface area (Å²) in [5.41, 5.74) is 0.652. The molecule has 0 N–H and O–H groups in total. The summed E-state index contributed by atoms with van der Waals surface area (Å²) in [5.74, 6) is 0.723. The first-order chi connectivity index (χ1) is 10.3. The summed E-state index contributed by atoms with van der Waals surface area (Å²) >= 11 is 0. The fraction of sp³-hybridized carbons (Fsp3) is 0.562. The van der Waals surface area contributed by atoms with Crippen LogP contribution in [-0.2, 0) is 9.47 Å². The zero-order valence-corrected chi connectivity index (χ0v) is 12.3. The number of nitrogens with zero attached hydrogens (tertiary/aromatic N) is 1. The molecular weight excluding hydrogens is 270 g/mol. The summed E-state index contributed by atoms with van der Waals surface area (Å²) in [7, 11) is 1.60. The van der Waals surface area contributed by atoms with Crippen LogP contribution >= 0.6 is 0 Å². The third-order valence-corrected chi connectivity index (χ3v) is 4.09.